The summed E-state index contributed by atoms with van der Waals surface area (Å²) in [6, 6.07) is 0. The molecule has 0 saturated heterocycles. The Morgan fingerprint density at radius 3 is 1.60 bits per heavy atom. The zero-order chi connectivity index (χ0) is 39.3. The van der Waals surface area contributed by atoms with Gasteiger partial charge in [0.05, 0.1) is 27.7 Å². The summed E-state index contributed by atoms with van der Waals surface area (Å²) in [4.78, 5) is 35.2. The van der Waals surface area contributed by atoms with Crippen LogP contribution in [0.5, 0.6) is 0 Å². The Balaban J connectivity index is 4.46. The van der Waals surface area contributed by atoms with Crippen molar-refractivity contribution in [1.82, 2.24) is 0 Å². The molecule has 9 nitrogen and oxygen atoms in total. The molecule has 0 aromatic heterocycles. The summed E-state index contributed by atoms with van der Waals surface area (Å²) >= 11 is 0. The van der Waals surface area contributed by atoms with Crippen LogP contribution in [0.25, 0.3) is 0 Å². The first kappa shape index (κ1) is 50.7. The number of phosphoric ester groups is 1. The number of phosphoric acid groups is 1. The van der Waals surface area contributed by atoms with Crippen molar-refractivity contribution >= 4 is 19.8 Å². The van der Waals surface area contributed by atoms with Crippen molar-refractivity contribution in [3.05, 3.63) is 60.8 Å². The highest BCUT2D eigenvalue weighted by Gasteiger charge is 2.27. The Hall–Kier alpha value is -2.29. The largest absolute Gasteiger partial charge is 0.472 e. The first-order chi connectivity index (χ1) is 25.5. The maximum Gasteiger partial charge on any atom is 0.472 e. The fourth-order valence-electron chi connectivity index (χ4n) is 5.10. The third kappa shape index (κ3) is 39.2. The van der Waals surface area contributed by atoms with Gasteiger partial charge in [-0.2, -0.15) is 0 Å². The molecular formula is C43H77NO8P+. The molecule has 0 amide bonds. The summed E-state index contributed by atoms with van der Waals surface area (Å²) in [5.74, 6) is -0.843. The molecule has 0 aliphatic heterocycles. The van der Waals surface area contributed by atoms with Gasteiger partial charge in [-0.1, -0.05) is 139 Å². The van der Waals surface area contributed by atoms with Crippen LogP contribution in [0.1, 0.15) is 149 Å². The van der Waals surface area contributed by atoms with Gasteiger partial charge in [-0.25, -0.2) is 4.57 Å². The molecule has 1 unspecified atom stereocenters. The minimum Gasteiger partial charge on any atom is -0.462 e. The fraction of sp³-hybridized carbons (Fsp3) is 0.721. The lowest BCUT2D eigenvalue weighted by molar-refractivity contribution is -0.870. The van der Waals surface area contributed by atoms with E-state index in [1.54, 1.807) is 0 Å². The van der Waals surface area contributed by atoms with E-state index in [9.17, 15) is 19.0 Å². The summed E-state index contributed by atoms with van der Waals surface area (Å²) < 4.78 is 34.2. The summed E-state index contributed by atoms with van der Waals surface area (Å²) in [5.41, 5.74) is 0. The number of hydrogen-bond donors (Lipinski definition) is 1. The van der Waals surface area contributed by atoms with E-state index in [2.05, 4.69) is 74.6 Å². The Bertz CT molecular complexity index is 1090. The van der Waals surface area contributed by atoms with E-state index in [1.807, 2.05) is 21.1 Å². The van der Waals surface area contributed by atoms with Crippen molar-refractivity contribution in [2.24, 2.45) is 0 Å². The second kappa shape index (κ2) is 35.4. The van der Waals surface area contributed by atoms with Crippen LogP contribution in [-0.4, -0.2) is 74.9 Å². The molecule has 0 heterocycles. The van der Waals surface area contributed by atoms with Crippen molar-refractivity contribution in [1.29, 1.82) is 0 Å². The van der Waals surface area contributed by atoms with E-state index in [0.717, 1.165) is 70.6 Å². The number of ether oxygens (including phenoxy) is 2. The molecule has 0 aromatic rings. The monoisotopic (exact) mass is 767 g/mol. The van der Waals surface area contributed by atoms with Gasteiger partial charge in [0.15, 0.2) is 6.10 Å². The maximum absolute atomic E-state index is 12.6. The molecule has 0 radical (unpaired) electrons. The van der Waals surface area contributed by atoms with Gasteiger partial charge in [0.25, 0.3) is 0 Å². The summed E-state index contributed by atoms with van der Waals surface area (Å²) in [6.07, 6.45) is 41.3. The Morgan fingerprint density at radius 2 is 1.08 bits per heavy atom. The van der Waals surface area contributed by atoms with Crippen LogP contribution in [-0.2, 0) is 32.7 Å². The Labute approximate surface area is 324 Å². The zero-order valence-electron chi connectivity index (χ0n) is 34.2. The van der Waals surface area contributed by atoms with E-state index in [0.29, 0.717) is 17.4 Å². The molecular weight excluding hydrogens is 689 g/mol. The number of carbonyl (C=O) groups is 2. The number of quaternary nitrogens is 1. The molecule has 0 rings (SSSR count). The second-order valence-corrected chi connectivity index (χ2v) is 16.1. The van der Waals surface area contributed by atoms with E-state index < -0.39 is 26.5 Å². The molecule has 10 heteroatoms. The average molecular weight is 767 g/mol. The smallest absolute Gasteiger partial charge is 0.462 e. The van der Waals surface area contributed by atoms with Gasteiger partial charge in [-0.05, 0) is 57.8 Å². The topological polar surface area (TPSA) is 108 Å². The predicted molar refractivity (Wildman–Crippen MR) is 219 cm³/mol. The van der Waals surface area contributed by atoms with E-state index in [4.69, 9.17) is 18.5 Å². The van der Waals surface area contributed by atoms with Gasteiger partial charge in [0, 0.05) is 12.8 Å². The normalized spacial score (nSPS) is 14.3. The highest BCUT2D eigenvalue weighted by Crippen LogP contribution is 2.43. The van der Waals surface area contributed by atoms with Gasteiger partial charge in [0.1, 0.15) is 19.8 Å². The number of esters is 2. The maximum atomic E-state index is 12.6. The van der Waals surface area contributed by atoms with Crippen LogP contribution in [0.4, 0.5) is 0 Å². The van der Waals surface area contributed by atoms with Crippen molar-refractivity contribution in [3.8, 4) is 0 Å². The fourth-order valence-corrected chi connectivity index (χ4v) is 5.84. The minimum absolute atomic E-state index is 0.0230. The molecule has 306 valence electrons. The number of hydrogen-bond acceptors (Lipinski definition) is 7. The third-order valence-electron chi connectivity index (χ3n) is 8.31. The van der Waals surface area contributed by atoms with Crippen LogP contribution in [0, 0.1) is 0 Å². The van der Waals surface area contributed by atoms with Crippen molar-refractivity contribution in [3.63, 3.8) is 0 Å². The summed E-state index contributed by atoms with van der Waals surface area (Å²) in [7, 11) is 1.44. The lowest BCUT2D eigenvalue weighted by atomic mass is 10.1. The molecule has 1 N–H and O–H groups in total. The van der Waals surface area contributed by atoms with Crippen molar-refractivity contribution in [2.75, 3.05) is 47.5 Å². The van der Waals surface area contributed by atoms with E-state index in [-0.39, 0.29) is 32.0 Å². The van der Waals surface area contributed by atoms with Crippen LogP contribution in [0.15, 0.2) is 60.8 Å². The number of carbonyl (C=O) groups excluding carboxylic acids is 2. The zero-order valence-corrected chi connectivity index (χ0v) is 35.1. The summed E-state index contributed by atoms with van der Waals surface area (Å²) in [5, 5.41) is 0. The average Bonchev–Trinajstić information content (AvgIpc) is 3.10. The number of rotatable bonds is 36. The van der Waals surface area contributed by atoms with Gasteiger partial charge < -0.3 is 18.9 Å². The molecule has 0 aliphatic rings. The standard InChI is InChI=1S/C43H76NO8P/c1-6-8-10-12-14-16-18-19-20-21-22-23-24-25-26-28-30-32-34-36-43(46)52-41(40-51-53(47,48)50-38-37-44(3,4)5)39-49-42(45)35-33-31-29-27-17-15-13-11-9-7-2/h8,10,14,16,19-20,22-23,25-26,41H,6-7,9,11-13,15,17-18,21,24,27-40H2,1-5H3/p+1/b10-8+,16-14+,20-19+,23-22+,26-25+/t41-/m1/s1. The Morgan fingerprint density at radius 1 is 0.604 bits per heavy atom. The Kier molecular flexibility index (Phi) is 33.9. The molecule has 0 aromatic carbocycles. The molecule has 0 spiro atoms. The van der Waals surface area contributed by atoms with Crippen molar-refractivity contribution in [2.45, 2.75) is 155 Å². The number of allylic oxidation sites excluding steroid dienone is 10. The second-order valence-electron chi connectivity index (χ2n) is 14.6. The SMILES string of the molecule is CC/C=C/C/C=C/C/C=C/C/C=C/C/C=C/CCCCCC(=O)O[C@H](COC(=O)CCCCCCCCCCCC)COP(=O)(O)OCC[N+](C)(C)C. The van der Waals surface area contributed by atoms with Gasteiger partial charge in [-0.15, -0.1) is 0 Å². The van der Waals surface area contributed by atoms with Gasteiger partial charge in [-0.3, -0.25) is 18.6 Å². The highest BCUT2D eigenvalue weighted by atomic mass is 31.2. The molecule has 0 saturated carbocycles. The van der Waals surface area contributed by atoms with Crippen LogP contribution < -0.4 is 0 Å². The number of likely N-dealkylation sites (N-methyl/N-ethyl adjacent to an activating group) is 1. The van der Waals surface area contributed by atoms with E-state index in [1.165, 1.54) is 44.9 Å². The lowest BCUT2D eigenvalue weighted by Crippen LogP contribution is -2.37. The van der Waals surface area contributed by atoms with Gasteiger partial charge in [0.2, 0.25) is 0 Å². The molecule has 0 aliphatic carbocycles. The summed E-state index contributed by atoms with van der Waals surface area (Å²) in [6.45, 7) is 4.23. The van der Waals surface area contributed by atoms with Crippen LogP contribution >= 0.6 is 7.82 Å². The van der Waals surface area contributed by atoms with Crippen LogP contribution in [0.2, 0.25) is 0 Å². The van der Waals surface area contributed by atoms with E-state index >= 15 is 0 Å². The molecule has 53 heavy (non-hydrogen) atoms. The van der Waals surface area contributed by atoms with Crippen LogP contribution in [0.3, 0.4) is 0 Å². The number of nitrogens with zero attached hydrogens (tertiary/aromatic N) is 1. The predicted octanol–water partition coefficient (Wildman–Crippen LogP) is 11.3. The lowest BCUT2D eigenvalue weighted by Gasteiger charge is -2.24. The first-order valence-corrected chi connectivity index (χ1v) is 22.0. The molecule has 0 bridgehead atoms. The molecule has 0 fully saturated rings. The minimum atomic E-state index is -4.38. The number of unbranched alkanes of at least 4 members (excludes halogenated alkanes) is 12. The third-order valence-corrected chi connectivity index (χ3v) is 9.30. The first-order valence-electron chi connectivity index (χ1n) is 20.5. The van der Waals surface area contributed by atoms with Gasteiger partial charge >= 0.3 is 19.8 Å². The van der Waals surface area contributed by atoms with Crippen molar-refractivity contribution < 1.29 is 42.1 Å². The molecule has 2 atom stereocenters. The highest BCUT2D eigenvalue weighted by molar-refractivity contribution is 7.47. The quantitative estimate of drug-likeness (QED) is 0.0221.